The van der Waals surface area contributed by atoms with Gasteiger partial charge < -0.3 is 4.57 Å². The molecule has 112 valence electrons. The maximum absolute atomic E-state index is 3.77. The van der Waals surface area contributed by atoms with Crippen LogP contribution in [0.5, 0.6) is 0 Å². The Kier molecular flexibility index (Phi) is 5.37. The fourth-order valence-corrected chi connectivity index (χ4v) is 2.64. The van der Waals surface area contributed by atoms with Crippen LogP contribution in [0.1, 0.15) is 25.1 Å². The van der Waals surface area contributed by atoms with E-state index in [0.29, 0.717) is 0 Å². The van der Waals surface area contributed by atoms with Crippen molar-refractivity contribution in [3.05, 3.63) is 84.6 Å². The molecule has 2 aromatic carbocycles. The van der Waals surface area contributed by atoms with Crippen LogP contribution in [-0.4, -0.2) is 4.57 Å². The number of allylic oxidation sites excluding steroid dienone is 2. The topological polar surface area (TPSA) is 4.93 Å². The van der Waals surface area contributed by atoms with Gasteiger partial charge >= 0.3 is 0 Å². The maximum atomic E-state index is 3.77. The Morgan fingerprint density at radius 2 is 1.55 bits per heavy atom. The number of benzene rings is 2. The minimum atomic E-state index is 1.18. The summed E-state index contributed by atoms with van der Waals surface area (Å²) in [6.07, 6.45) is 5.92. The quantitative estimate of drug-likeness (QED) is 0.508. The SMILES string of the molecule is C=C/C=C\c1c(C)c2ccccc2n1-c1ccccc1.CC. The van der Waals surface area contributed by atoms with Crippen LogP contribution in [0.4, 0.5) is 0 Å². The van der Waals surface area contributed by atoms with Gasteiger partial charge in [0.15, 0.2) is 0 Å². The van der Waals surface area contributed by atoms with E-state index >= 15 is 0 Å². The molecule has 0 amide bonds. The number of para-hydroxylation sites is 2. The number of hydrogen-bond donors (Lipinski definition) is 0. The van der Waals surface area contributed by atoms with Crippen LogP contribution in [-0.2, 0) is 0 Å². The van der Waals surface area contributed by atoms with Crippen molar-refractivity contribution in [1.82, 2.24) is 4.57 Å². The van der Waals surface area contributed by atoms with Crippen molar-refractivity contribution in [3.8, 4) is 5.69 Å². The molecule has 0 unspecified atom stereocenters. The molecular weight excluding hydrogens is 266 g/mol. The van der Waals surface area contributed by atoms with Crippen molar-refractivity contribution >= 4 is 17.0 Å². The van der Waals surface area contributed by atoms with E-state index < -0.39 is 0 Å². The fourth-order valence-electron chi connectivity index (χ4n) is 2.64. The van der Waals surface area contributed by atoms with Crippen LogP contribution in [0.25, 0.3) is 22.7 Å². The van der Waals surface area contributed by atoms with E-state index in [9.17, 15) is 0 Å². The lowest BCUT2D eigenvalue weighted by molar-refractivity contribution is 1.10. The molecule has 22 heavy (non-hydrogen) atoms. The van der Waals surface area contributed by atoms with Crippen molar-refractivity contribution in [2.75, 3.05) is 0 Å². The molecule has 0 spiro atoms. The van der Waals surface area contributed by atoms with Gasteiger partial charge in [0.25, 0.3) is 0 Å². The molecule has 0 bridgehead atoms. The summed E-state index contributed by atoms with van der Waals surface area (Å²) in [5, 5.41) is 1.29. The number of rotatable bonds is 3. The highest BCUT2D eigenvalue weighted by molar-refractivity contribution is 5.89. The van der Waals surface area contributed by atoms with Gasteiger partial charge in [0, 0.05) is 16.8 Å². The average Bonchev–Trinajstić information content (AvgIpc) is 2.88. The number of aromatic nitrogens is 1. The molecule has 0 N–H and O–H groups in total. The minimum Gasteiger partial charge on any atom is -0.310 e. The van der Waals surface area contributed by atoms with Crippen LogP contribution in [0.2, 0.25) is 0 Å². The van der Waals surface area contributed by atoms with Gasteiger partial charge in [-0.1, -0.05) is 69.0 Å². The molecule has 1 nitrogen and oxygen atoms in total. The highest BCUT2D eigenvalue weighted by Gasteiger charge is 2.12. The zero-order valence-electron chi connectivity index (χ0n) is 13.6. The van der Waals surface area contributed by atoms with Crippen LogP contribution in [0.15, 0.2) is 73.3 Å². The van der Waals surface area contributed by atoms with Crippen LogP contribution in [0.3, 0.4) is 0 Å². The summed E-state index contributed by atoms with van der Waals surface area (Å²) in [6.45, 7) is 9.94. The van der Waals surface area contributed by atoms with E-state index in [1.807, 2.05) is 32.1 Å². The van der Waals surface area contributed by atoms with Gasteiger partial charge in [-0.05, 0) is 36.8 Å². The van der Waals surface area contributed by atoms with E-state index in [0.717, 1.165) is 0 Å². The van der Waals surface area contributed by atoms with E-state index in [4.69, 9.17) is 0 Å². The summed E-state index contributed by atoms with van der Waals surface area (Å²) < 4.78 is 2.30. The lowest BCUT2D eigenvalue weighted by Gasteiger charge is -2.08. The Labute approximate surface area is 133 Å². The fraction of sp³-hybridized carbons (Fsp3) is 0.143. The third-order valence-electron chi connectivity index (χ3n) is 3.58. The molecular formula is C21H23N. The van der Waals surface area contributed by atoms with E-state index in [-0.39, 0.29) is 0 Å². The molecule has 0 saturated heterocycles. The summed E-state index contributed by atoms with van der Waals surface area (Å²) in [7, 11) is 0. The first kappa shape index (κ1) is 15.8. The van der Waals surface area contributed by atoms with Crippen molar-refractivity contribution < 1.29 is 0 Å². The molecule has 1 heteroatoms. The second-order valence-electron chi connectivity index (χ2n) is 4.79. The Morgan fingerprint density at radius 3 is 2.23 bits per heavy atom. The molecule has 1 heterocycles. The van der Waals surface area contributed by atoms with Gasteiger partial charge in [-0.25, -0.2) is 0 Å². The number of aryl methyl sites for hydroxylation is 1. The number of hydrogen-bond acceptors (Lipinski definition) is 0. The van der Waals surface area contributed by atoms with Gasteiger partial charge in [-0.3, -0.25) is 0 Å². The average molecular weight is 289 g/mol. The Balaban J connectivity index is 0.000000847. The predicted octanol–water partition coefficient (Wildman–Crippen LogP) is 6.16. The Bertz CT molecular complexity index is 776. The third-order valence-corrected chi connectivity index (χ3v) is 3.58. The normalized spacial score (nSPS) is 10.5. The first-order chi connectivity index (χ1) is 10.8. The Hall–Kier alpha value is -2.54. The summed E-state index contributed by atoms with van der Waals surface area (Å²) in [5.74, 6) is 0. The van der Waals surface area contributed by atoms with Gasteiger partial charge in [0.1, 0.15) is 0 Å². The smallest absolute Gasteiger partial charge is 0.0537 e. The van der Waals surface area contributed by atoms with E-state index in [1.54, 1.807) is 0 Å². The maximum Gasteiger partial charge on any atom is 0.0537 e. The molecule has 0 aliphatic rings. The van der Waals surface area contributed by atoms with Crippen molar-refractivity contribution in [2.45, 2.75) is 20.8 Å². The van der Waals surface area contributed by atoms with Crippen molar-refractivity contribution in [1.29, 1.82) is 0 Å². The molecule has 0 aliphatic carbocycles. The van der Waals surface area contributed by atoms with Crippen LogP contribution >= 0.6 is 0 Å². The summed E-state index contributed by atoms with van der Waals surface area (Å²) >= 11 is 0. The number of nitrogens with zero attached hydrogens (tertiary/aromatic N) is 1. The van der Waals surface area contributed by atoms with Crippen molar-refractivity contribution in [3.63, 3.8) is 0 Å². The largest absolute Gasteiger partial charge is 0.310 e. The van der Waals surface area contributed by atoms with Gasteiger partial charge in [-0.15, -0.1) is 0 Å². The standard InChI is InChI=1S/C19H17N.C2H6/c1-3-4-13-18-15(2)17-12-8-9-14-19(17)20(18)16-10-6-5-7-11-16;1-2/h3-14H,1H2,2H3;1-2H3/b13-4-;. The zero-order valence-corrected chi connectivity index (χ0v) is 13.6. The van der Waals surface area contributed by atoms with Crippen LogP contribution < -0.4 is 0 Å². The monoisotopic (exact) mass is 289 g/mol. The van der Waals surface area contributed by atoms with Gasteiger partial charge in [0.05, 0.1) is 5.52 Å². The highest BCUT2D eigenvalue weighted by Crippen LogP contribution is 2.29. The second-order valence-corrected chi connectivity index (χ2v) is 4.79. The summed E-state index contributed by atoms with van der Waals surface area (Å²) in [5.41, 5.74) is 4.92. The van der Waals surface area contributed by atoms with E-state index in [1.165, 1.54) is 27.8 Å². The molecule has 0 aliphatic heterocycles. The molecule has 0 radical (unpaired) electrons. The Morgan fingerprint density at radius 1 is 0.909 bits per heavy atom. The molecule has 3 rings (SSSR count). The highest BCUT2D eigenvalue weighted by atomic mass is 15.0. The first-order valence-electron chi connectivity index (χ1n) is 7.77. The first-order valence-corrected chi connectivity index (χ1v) is 7.77. The molecule has 0 atom stereocenters. The number of fused-ring (bicyclic) bond motifs is 1. The lowest BCUT2D eigenvalue weighted by Crippen LogP contribution is -1.96. The second kappa shape index (κ2) is 7.46. The molecule has 3 aromatic rings. The minimum absolute atomic E-state index is 1.18. The zero-order chi connectivity index (χ0) is 15.9. The molecule has 0 saturated carbocycles. The molecule has 1 aromatic heterocycles. The predicted molar refractivity (Wildman–Crippen MR) is 98.6 cm³/mol. The van der Waals surface area contributed by atoms with Gasteiger partial charge in [-0.2, -0.15) is 0 Å². The van der Waals surface area contributed by atoms with E-state index in [2.05, 4.69) is 72.7 Å². The van der Waals surface area contributed by atoms with Crippen LogP contribution in [0, 0.1) is 6.92 Å². The summed E-state index contributed by atoms with van der Waals surface area (Å²) in [4.78, 5) is 0. The third kappa shape index (κ3) is 2.89. The lowest BCUT2D eigenvalue weighted by atomic mass is 10.1. The molecule has 0 fully saturated rings. The van der Waals surface area contributed by atoms with Crippen molar-refractivity contribution in [2.24, 2.45) is 0 Å². The summed E-state index contributed by atoms with van der Waals surface area (Å²) in [6, 6.07) is 19.0. The van der Waals surface area contributed by atoms with Gasteiger partial charge in [0.2, 0.25) is 0 Å².